The smallest absolute Gasteiger partial charge is 0.220 e. The van der Waals surface area contributed by atoms with Crippen molar-refractivity contribution in [1.29, 1.82) is 0 Å². The van der Waals surface area contributed by atoms with E-state index in [0.717, 1.165) is 25.8 Å². The Morgan fingerprint density at radius 3 is 2.35 bits per heavy atom. The number of nitrogens with one attached hydrogen (secondary N) is 1. The molecule has 26 heavy (non-hydrogen) atoms. The Kier molecular flexibility index (Phi) is 9.40. The minimum Gasteiger partial charge on any atom is -0.356 e. The number of aryl methyl sites for hydroxylation is 1. The fraction of sp³-hybridized carbons (Fsp3) is 0.636. The van der Waals surface area contributed by atoms with Crippen LogP contribution in [0.5, 0.6) is 0 Å². The SMILES string of the molecule is CCCc1ccc(C(=O)CCC(=O)NCCCN2CCCCCC2)cc1. The van der Waals surface area contributed by atoms with Crippen LogP contribution in [0.4, 0.5) is 0 Å². The summed E-state index contributed by atoms with van der Waals surface area (Å²) in [7, 11) is 0. The Bertz CT molecular complexity index is 546. The number of carbonyl (C=O) groups excluding carboxylic acids is 2. The van der Waals surface area contributed by atoms with Gasteiger partial charge in [-0.3, -0.25) is 9.59 Å². The van der Waals surface area contributed by atoms with Crippen LogP contribution in [-0.4, -0.2) is 42.8 Å². The van der Waals surface area contributed by atoms with E-state index in [2.05, 4.69) is 17.1 Å². The third-order valence-corrected chi connectivity index (χ3v) is 5.07. The molecule has 1 aromatic carbocycles. The highest BCUT2D eigenvalue weighted by Gasteiger charge is 2.10. The van der Waals surface area contributed by atoms with Crippen molar-refractivity contribution in [2.24, 2.45) is 0 Å². The average Bonchev–Trinajstić information content (AvgIpc) is 2.93. The van der Waals surface area contributed by atoms with Gasteiger partial charge in [0.1, 0.15) is 0 Å². The maximum Gasteiger partial charge on any atom is 0.220 e. The Hall–Kier alpha value is -1.68. The molecule has 1 aliphatic heterocycles. The van der Waals surface area contributed by atoms with Crippen molar-refractivity contribution in [2.45, 2.75) is 64.7 Å². The Morgan fingerprint density at radius 2 is 1.69 bits per heavy atom. The highest BCUT2D eigenvalue weighted by atomic mass is 16.2. The molecule has 1 amide bonds. The molecule has 0 bridgehead atoms. The maximum atomic E-state index is 12.2. The molecule has 4 nitrogen and oxygen atoms in total. The van der Waals surface area contributed by atoms with Crippen LogP contribution in [0, 0.1) is 0 Å². The normalized spacial score (nSPS) is 15.4. The van der Waals surface area contributed by atoms with E-state index in [-0.39, 0.29) is 24.5 Å². The molecule has 1 aliphatic rings. The minimum absolute atomic E-state index is 0.0168. The van der Waals surface area contributed by atoms with Crippen molar-refractivity contribution in [1.82, 2.24) is 10.2 Å². The van der Waals surface area contributed by atoms with Gasteiger partial charge in [-0.15, -0.1) is 0 Å². The number of hydrogen-bond acceptors (Lipinski definition) is 3. The number of carbonyl (C=O) groups is 2. The van der Waals surface area contributed by atoms with E-state index in [1.165, 1.54) is 44.3 Å². The van der Waals surface area contributed by atoms with Crippen LogP contribution < -0.4 is 5.32 Å². The zero-order chi connectivity index (χ0) is 18.6. The van der Waals surface area contributed by atoms with Gasteiger partial charge in [-0.05, 0) is 50.9 Å². The fourth-order valence-electron chi connectivity index (χ4n) is 3.50. The fourth-order valence-corrected chi connectivity index (χ4v) is 3.50. The lowest BCUT2D eigenvalue weighted by molar-refractivity contribution is -0.121. The van der Waals surface area contributed by atoms with E-state index < -0.39 is 0 Å². The number of hydrogen-bond donors (Lipinski definition) is 1. The van der Waals surface area contributed by atoms with E-state index in [4.69, 9.17) is 0 Å². The zero-order valence-corrected chi connectivity index (χ0v) is 16.3. The van der Waals surface area contributed by atoms with Crippen molar-refractivity contribution in [2.75, 3.05) is 26.2 Å². The van der Waals surface area contributed by atoms with Crippen molar-refractivity contribution < 1.29 is 9.59 Å². The van der Waals surface area contributed by atoms with E-state index in [9.17, 15) is 9.59 Å². The molecular weight excluding hydrogens is 324 g/mol. The molecule has 1 heterocycles. The first-order chi connectivity index (χ1) is 12.7. The summed E-state index contributed by atoms with van der Waals surface area (Å²) >= 11 is 0. The molecule has 0 unspecified atom stereocenters. The number of likely N-dealkylation sites (tertiary alicyclic amines) is 1. The first kappa shape index (κ1) is 20.6. The monoisotopic (exact) mass is 358 g/mol. The molecule has 0 spiro atoms. The van der Waals surface area contributed by atoms with Gasteiger partial charge in [-0.1, -0.05) is 50.5 Å². The molecule has 1 aromatic rings. The zero-order valence-electron chi connectivity index (χ0n) is 16.3. The lowest BCUT2D eigenvalue weighted by atomic mass is 10.0. The van der Waals surface area contributed by atoms with E-state index >= 15 is 0 Å². The summed E-state index contributed by atoms with van der Waals surface area (Å²) in [5.41, 5.74) is 1.96. The number of nitrogens with zero attached hydrogens (tertiary/aromatic N) is 1. The number of rotatable bonds is 10. The average molecular weight is 359 g/mol. The Balaban J connectivity index is 1.59. The first-order valence-corrected chi connectivity index (χ1v) is 10.3. The van der Waals surface area contributed by atoms with Gasteiger partial charge in [0.25, 0.3) is 0 Å². The van der Waals surface area contributed by atoms with Crippen LogP contribution in [-0.2, 0) is 11.2 Å². The third kappa shape index (κ3) is 7.69. The van der Waals surface area contributed by atoms with Crippen LogP contribution in [0.25, 0.3) is 0 Å². The van der Waals surface area contributed by atoms with Crippen LogP contribution in [0.2, 0.25) is 0 Å². The van der Waals surface area contributed by atoms with Crippen LogP contribution in [0.3, 0.4) is 0 Å². The summed E-state index contributed by atoms with van der Waals surface area (Å²) in [5, 5.41) is 2.95. The molecule has 1 N–H and O–H groups in total. The topological polar surface area (TPSA) is 49.4 Å². The van der Waals surface area contributed by atoms with Gasteiger partial charge in [-0.2, -0.15) is 0 Å². The number of ketones is 1. The summed E-state index contributed by atoms with van der Waals surface area (Å²) < 4.78 is 0. The Labute approximate surface area is 158 Å². The van der Waals surface area contributed by atoms with E-state index in [1.54, 1.807) is 0 Å². The third-order valence-electron chi connectivity index (χ3n) is 5.07. The van der Waals surface area contributed by atoms with Gasteiger partial charge in [0.05, 0.1) is 0 Å². The molecule has 0 saturated carbocycles. The van der Waals surface area contributed by atoms with Gasteiger partial charge in [0.15, 0.2) is 5.78 Å². The van der Waals surface area contributed by atoms with Crippen LogP contribution in [0.15, 0.2) is 24.3 Å². The number of Topliss-reactive ketones (excluding diaryl/α,β-unsaturated/α-hetero) is 1. The lowest BCUT2D eigenvalue weighted by Gasteiger charge is -2.19. The van der Waals surface area contributed by atoms with Gasteiger partial charge in [-0.25, -0.2) is 0 Å². The van der Waals surface area contributed by atoms with E-state index in [1.807, 2.05) is 24.3 Å². The standard InChI is InChI=1S/C22H34N2O2/c1-2-8-19-9-11-20(12-10-19)21(25)13-14-22(26)23-15-7-18-24-16-5-3-4-6-17-24/h9-12H,2-8,13-18H2,1H3,(H,23,26). The molecule has 1 saturated heterocycles. The van der Waals surface area contributed by atoms with Gasteiger partial charge >= 0.3 is 0 Å². The summed E-state index contributed by atoms with van der Waals surface area (Å²) in [6, 6.07) is 7.79. The summed E-state index contributed by atoms with van der Waals surface area (Å²) in [6.07, 6.45) is 8.98. The van der Waals surface area contributed by atoms with Crippen molar-refractivity contribution >= 4 is 11.7 Å². The quantitative estimate of drug-likeness (QED) is 0.508. The second-order valence-corrected chi connectivity index (χ2v) is 7.33. The van der Waals surface area contributed by atoms with Gasteiger partial charge < -0.3 is 10.2 Å². The highest BCUT2D eigenvalue weighted by Crippen LogP contribution is 2.11. The van der Waals surface area contributed by atoms with E-state index in [0.29, 0.717) is 12.1 Å². The van der Waals surface area contributed by atoms with Crippen molar-refractivity contribution in [3.63, 3.8) is 0 Å². The lowest BCUT2D eigenvalue weighted by Crippen LogP contribution is -2.30. The molecule has 144 valence electrons. The number of amides is 1. The van der Waals surface area contributed by atoms with Gasteiger partial charge in [0, 0.05) is 24.9 Å². The van der Waals surface area contributed by atoms with Crippen molar-refractivity contribution in [3.8, 4) is 0 Å². The maximum absolute atomic E-state index is 12.2. The van der Waals surface area contributed by atoms with Gasteiger partial charge in [0.2, 0.25) is 5.91 Å². The first-order valence-electron chi connectivity index (χ1n) is 10.3. The molecule has 4 heteroatoms. The molecule has 0 atom stereocenters. The second-order valence-electron chi connectivity index (χ2n) is 7.33. The minimum atomic E-state index is -0.0168. The molecule has 0 aromatic heterocycles. The predicted octanol–water partition coefficient (Wildman–Crippen LogP) is 3.98. The summed E-state index contributed by atoms with van der Waals surface area (Å²) in [4.78, 5) is 26.7. The molecule has 1 fully saturated rings. The summed E-state index contributed by atoms with van der Waals surface area (Å²) in [5.74, 6) is 0.0320. The largest absolute Gasteiger partial charge is 0.356 e. The van der Waals surface area contributed by atoms with Crippen LogP contribution in [0.1, 0.15) is 74.2 Å². The molecule has 2 rings (SSSR count). The van der Waals surface area contributed by atoms with Crippen molar-refractivity contribution in [3.05, 3.63) is 35.4 Å². The summed E-state index contributed by atoms with van der Waals surface area (Å²) in [6.45, 7) is 6.29. The second kappa shape index (κ2) is 11.8. The molecule has 0 aliphatic carbocycles. The molecule has 0 radical (unpaired) electrons. The molecular formula is C22H34N2O2. The Morgan fingerprint density at radius 1 is 1.00 bits per heavy atom. The van der Waals surface area contributed by atoms with Crippen LogP contribution >= 0.6 is 0 Å². The highest BCUT2D eigenvalue weighted by molar-refractivity contribution is 5.97. The predicted molar refractivity (Wildman–Crippen MR) is 107 cm³/mol. The number of benzene rings is 1.